The van der Waals surface area contributed by atoms with E-state index in [-0.39, 0.29) is 18.0 Å². The van der Waals surface area contributed by atoms with Gasteiger partial charge in [0.05, 0.1) is 4.90 Å². The predicted molar refractivity (Wildman–Crippen MR) is 119 cm³/mol. The number of sulfonamides is 1. The number of rotatable bonds is 9. The van der Waals surface area contributed by atoms with Crippen LogP contribution in [-0.4, -0.2) is 25.8 Å². The Labute approximate surface area is 178 Å². The van der Waals surface area contributed by atoms with E-state index in [0.29, 0.717) is 0 Å². The van der Waals surface area contributed by atoms with Crippen molar-refractivity contribution in [3.63, 3.8) is 0 Å². The molecule has 0 radical (unpaired) electrons. The van der Waals surface area contributed by atoms with Gasteiger partial charge < -0.3 is 4.90 Å². The SMILES string of the molecule is CCN(CC)c1ccc(CN(Cc2ccccc2)S(=O)(=O)c2ccc(F)cc2)cc1. The Balaban J connectivity index is 1.90. The van der Waals surface area contributed by atoms with E-state index in [1.165, 1.54) is 28.6 Å². The monoisotopic (exact) mass is 426 g/mol. The summed E-state index contributed by atoms with van der Waals surface area (Å²) >= 11 is 0. The van der Waals surface area contributed by atoms with Crippen molar-refractivity contribution in [1.29, 1.82) is 0 Å². The first kappa shape index (κ1) is 22.0. The van der Waals surface area contributed by atoms with Crippen LogP contribution in [0.3, 0.4) is 0 Å². The van der Waals surface area contributed by atoms with Gasteiger partial charge in [-0.2, -0.15) is 4.31 Å². The summed E-state index contributed by atoms with van der Waals surface area (Å²) < 4.78 is 41.4. The van der Waals surface area contributed by atoms with Gasteiger partial charge in [-0.25, -0.2) is 12.8 Å². The molecule has 6 heteroatoms. The Hall–Kier alpha value is -2.70. The zero-order valence-corrected chi connectivity index (χ0v) is 18.1. The fraction of sp³-hybridized carbons (Fsp3) is 0.250. The smallest absolute Gasteiger partial charge is 0.243 e. The maximum atomic E-state index is 13.3. The lowest BCUT2D eigenvalue weighted by Crippen LogP contribution is -2.30. The number of halogens is 1. The number of hydrogen-bond donors (Lipinski definition) is 0. The average molecular weight is 427 g/mol. The summed E-state index contributed by atoms with van der Waals surface area (Å²) in [7, 11) is -3.79. The van der Waals surface area contributed by atoms with E-state index >= 15 is 0 Å². The first-order valence-electron chi connectivity index (χ1n) is 10.1. The minimum absolute atomic E-state index is 0.0830. The summed E-state index contributed by atoms with van der Waals surface area (Å²) in [5.41, 5.74) is 2.90. The highest BCUT2D eigenvalue weighted by atomic mass is 32.2. The molecule has 0 spiro atoms. The molecule has 0 fully saturated rings. The Bertz CT molecular complexity index is 1030. The number of hydrogen-bond acceptors (Lipinski definition) is 3. The molecule has 0 bridgehead atoms. The van der Waals surface area contributed by atoms with E-state index in [9.17, 15) is 12.8 Å². The van der Waals surface area contributed by atoms with Crippen molar-refractivity contribution in [2.24, 2.45) is 0 Å². The molecule has 0 aliphatic rings. The molecule has 0 N–H and O–H groups in total. The largest absolute Gasteiger partial charge is 0.372 e. The lowest BCUT2D eigenvalue weighted by Gasteiger charge is -2.24. The number of benzene rings is 3. The van der Waals surface area contributed by atoms with Crippen molar-refractivity contribution in [2.75, 3.05) is 18.0 Å². The second-order valence-electron chi connectivity index (χ2n) is 7.05. The highest BCUT2D eigenvalue weighted by Gasteiger charge is 2.25. The van der Waals surface area contributed by atoms with E-state index in [1.54, 1.807) is 0 Å². The summed E-state index contributed by atoms with van der Waals surface area (Å²) in [5.74, 6) is -0.462. The molecule has 158 valence electrons. The molecule has 3 rings (SSSR count). The molecule has 0 unspecified atom stereocenters. The van der Waals surface area contributed by atoms with Crippen molar-refractivity contribution in [1.82, 2.24) is 4.31 Å². The summed E-state index contributed by atoms with van der Waals surface area (Å²) in [6.07, 6.45) is 0. The molecule has 0 saturated heterocycles. The quantitative estimate of drug-likeness (QED) is 0.480. The topological polar surface area (TPSA) is 40.6 Å². The van der Waals surface area contributed by atoms with Gasteiger partial charge in [0.25, 0.3) is 0 Å². The van der Waals surface area contributed by atoms with Crippen LogP contribution in [0.5, 0.6) is 0 Å². The molecule has 0 aliphatic carbocycles. The van der Waals surface area contributed by atoms with Gasteiger partial charge in [-0.15, -0.1) is 0 Å². The zero-order valence-electron chi connectivity index (χ0n) is 17.3. The van der Waals surface area contributed by atoms with Gasteiger partial charge >= 0.3 is 0 Å². The molecule has 0 aromatic heterocycles. The van der Waals surface area contributed by atoms with Crippen LogP contribution in [0.1, 0.15) is 25.0 Å². The summed E-state index contributed by atoms with van der Waals surface area (Å²) in [6, 6.07) is 22.4. The van der Waals surface area contributed by atoms with Crippen LogP contribution < -0.4 is 4.90 Å². The van der Waals surface area contributed by atoms with Gasteiger partial charge in [-0.3, -0.25) is 0 Å². The minimum Gasteiger partial charge on any atom is -0.372 e. The highest BCUT2D eigenvalue weighted by Crippen LogP contribution is 2.23. The van der Waals surface area contributed by atoms with E-state index in [0.717, 1.165) is 29.9 Å². The first-order valence-corrected chi connectivity index (χ1v) is 11.5. The van der Waals surface area contributed by atoms with Crippen LogP contribution in [0.2, 0.25) is 0 Å². The van der Waals surface area contributed by atoms with Gasteiger partial charge in [0.15, 0.2) is 0 Å². The molecular weight excluding hydrogens is 399 g/mol. The molecule has 0 aliphatic heterocycles. The maximum absolute atomic E-state index is 13.3. The summed E-state index contributed by atoms with van der Waals surface area (Å²) in [4.78, 5) is 2.32. The highest BCUT2D eigenvalue weighted by molar-refractivity contribution is 7.89. The molecule has 4 nitrogen and oxygen atoms in total. The van der Waals surface area contributed by atoms with Gasteiger partial charge in [0, 0.05) is 31.9 Å². The summed E-state index contributed by atoms with van der Waals surface area (Å²) in [6.45, 7) is 6.50. The van der Waals surface area contributed by atoms with Crippen LogP contribution in [0.15, 0.2) is 83.8 Å². The van der Waals surface area contributed by atoms with E-state index in [2.05, 4.69) is 18.7 Å². The van der Waals surface area contributed by atoms with Gasteiger partial charge in [-0.05, 0) is 61.4 Å². The van der Waals surface area contributed by atoms with Gasteiger partial charge in [-0.1, -0.05) is 42.5 Å². The van der Waals surface area contributed by atoms with Crippen LogP contribution >= 0.6 is 0 Å². The van der Waals surface area contributed by atoms with Crippen LogP contribution in [0.25, 0.3) is 0 Å². The normalized spacial score (nSPS) is 11.6. The first-order chi connectivity index (χ1) is 14.4. The third-order valence-electron chi connectivity index (χ3n) is 5.08. The lowest BCUT2D eigenvalue weighted by molar-refractivity contribution is 0.401. The minimum atomic E-state index is -3.79. The summed E-state index contributed by atoms with van der Waals surface area (Å²) in [5, 5.41) is 0. The average Bonchev–Trinajstić information content (AvgIpc) is 2.76. The standard InChI is InChI=1S/C24H27FN2O2S/c1-3-26(4-2)23-14-10-21(11-15-23)19-27(18-20-8-6-5-7-9-20)30(28,29)24-16-12-22(25)13-17-24/h5-17H,3-4,18-19H2,1-2H3. The van der Waals surface area contributed by atoms with Crippen LogP contribution in [0.4, 0.5) is 10.1 Å². The molecule has 3 aromatic rings. The Morgan fingerprint density at radius 3 is 1.80 bits per heavy atom. The van der Waals surface area contributed by atoms with Crippen LogP contribution in [0, 0.1) is 5.82 Å². The third-order valence-corrected chi connectivity index (χ3v) is 6.88. The third kappa shape index (κ3) is 5.26. The molecule has 0 saturated carbocycles. The van der Waals surface area contributed by atoms with Crippen molar-refractivity contribution in [3.8, 4) is 0 Å². The van der Waals surface area contributed by atoms with Crippen molar-refractivity contribution >= 4 is 15.7 Å². The fourth-order valence-electron chi connectivity index (χ4n) is 3.37. The van der Waals surface area contributed by atoms with E-state index < -0.39 is 15.8 Å². The van der Waals surface area contributed by atoms with E-state index in [4.69, 9.17) is 0 Å². The molecule has 0 heterocycles. The fourth-order valence-corrected chi connectivity index (χ4v) is 4.79. The van der Waals surface area contributed by atoms with Gasteiger partial charge in [0.2, 0.25) is 10.0 Å². The van der Waals surface area contributed by atoms with Gasteiger partial charge in [0.1, 0.15) is 5.82 Å². The van der Waals surface area contributed by atoms with Crippen LogP contribution in [-0.2, 0) is 23.1 Å². The second kappa shape index (κ2) is 9.87. The number of anilines is 1. The zero-order chi connectivity index (χ0) is 21.6. The van der Waals surface area contributed by atoms with E-state index in [1.807, 2.05) is 54.6 Å². The maximum Gasteiger partial charge on any atom is 0.243 e. The predicted octanol–water partition coefficient (Wildman–Crippen LogP) is 5.06. The number of nitrogens with zero attached hydrogens (tertiary/aromatic N) is 2. The molecule has 0 amide bonds. The molecule has 30 heavy (non-hydrogen) atoms. The second-order valence-corrected chi connectivity index (χ2v) is 8.99. The molecule has 0 atom stereocenters. The Morgan fingerprint density at radius 1 is 0.733 bits per heavy atom. The molecular formula is C24H27FN2O2S. The van der Waals surface area contributed by atoms with Crippen molar-refractivity contribution < 1.29 is 12.8 Å². The van der Waals surface area contributed by atoms with Crippen molar-refractivity contribution in [3.05, 3.63) is 95.8 Å². The Kier molecular flexibility index (Phi) is 7.24. The lowest BCUT2D eigenvalue weighted by atomic mass is 10.1. The molecule has 3 aromatic carbocycles. The Morgan fingerprint density at radius 2 is 1.27 bits per heavy atom. The van der Waals surface area contributed by atoms with Crippen molar-refractivity contribution in [2.45, 2.75) is 31.8 Å².